The van der Waals surface area contributed by atoms with Crippen molar-refractivity contribution in [2.75, 3.05) is 5.32 Å². The zero-order chi connectivity index (χ0) is 24.6. The lowest BCUT2D eigenvalue weighted by molar-refractivity contribution is -0.135. The number of benzene rings is 2. The number of urea groups is 1. The highest BCUT2D eigenvalue weighted by Crippen LogP contribution is 2.21. The fourth-order valence-corrected chi connectivity index (χ4v) is 3.80. The molecule has 2 heterocycles. The van der Waals surface area contributed by atoms with Crippen molar-refractivity contribution in [2.45, 2.75) is 39.3 Å². The van der Waals surface area contributed by atoms with E-state index in [1.807, 2.05) is 6.92 Å². The minimum atomic E-state index is -1.97. The van der Waals surface area contributed by atoms with E-state index in [-0.39, 0.29) is 30.6 Å². The van der Waals surface area contributed by atoms with Gasteiger partial charge in [-0.15, -0.1) is 0 Å². The van der Waals surface area contributed by atoms with Gasteiger partial charge < -0.3 is 10.6 Å². The van der Waals surface area contributed by atoms with Gasteiger partial charge >= 0.3 is 6.03 Å². The van der Waals surface area contributed by atoms with Gasteiger partial charge in [-0.2, -0.15) is 0 Å². The van der Waals surface area contributed by atoms with E-state index in [1.165, 1.54) is 6.92 Å². The Balaban J connectivity index is 1.58. The molecule has 4 amide bonds. The average molecular weight is 469 g/mol. The maximum Gasteiger partial charge on any atom is 0.319 e. The zero-order valence-corrected chi connectivity index (χ0v) is 18.7. The summed E-state index contributed by atoms with van der Waals surface area (Å²) in [5.74, 6) is -1.15. The van der Waals surface area contributed by atoms with Crippen LogP contribution in [0.5, 0.6) is 0 Å². The molecule has 1 saturated heterocycles. The summed E-state index contributed by atoms with van der Waals surface area (Å²) in [5.41, 5.74) is 1.89. The number of nitrogens with zero attached hydrogens (tertiary/aromatic N) is 2. The molecule has 0 radical (unpaired) electrons. The Labute approximate surface area is 195 Å². The quantitative estimate of drug-likeness (QED) is 0.508. The number of hydrogen-bond acceptors (Lipinski definition) is 5. The minimum Gasteiger partial charge on any atom is -0.334 e. The lowest BCUT2D eigenvalue weighted by Gasteiger charge is -2.24. The van der Waals surface area contributed by atoms with E-state index in [4.69, 9.17) is 13.0 Å². The number of amides is 4. The van der Waals surface area contributed by atoms with Crippen LogP contribution in [-0.4, -0.2) is 27.4 Å². The number of imide groups is 1. The molecule has 0 saturated carbocycles. The molecule has 1 aliphatic rings. The molecule has 3 N–H and O–H groups in total. The fourth-order valence-electron chi connectivity index (χ4n) is 3.62. The average Bonchev–Trinajstić information content (AvgIpc) is 2.78. The fraction of sp³-hybridized carbons (Fsp3) is 0.261. The van der Waals surface area contributed by atoms with Gasteiger partial charge in [0.1, 0.15) is 11.8 Å². The number of nitrogens with one attached hydrogen (secondary N) is 3. The molecule has 1 aliphatic heterocycles. The number of aromatic nitrogens is 2. The zero-order valence-electron chi connectivity index (χ0n) is 19.0. The first-order valence-corrected chi connectivity index (χ1v) is 10.6. The Hall–Kier alpha value is -3.72. The molecule has 1 fully saturated rings. The Bertz CT molecular complexity index is 1410. The van der Waals surface area contributed by atoms with Crippen LogP contribution in [0.3, 0.4) is 0 Å². The van der Waals surface area contributed by atoms with Crippen molar-refractivity contribution in [3.63, 3.8) is 0 Å². The normalized spacial score (nSPS) is 18.6. The molecule has 10 heteroatoms. The van der Waals surface area contributed by atoms with Gasteiger partial charge in [-0.1, -0.05) is 23.7 Å². The first-order chi connectivity index (χ1) is 16.1. The summed E-state index contributed by atoms with van der Waals surface area (Å²) in [5, 5.41) is 8.27. The summed E-state index contributed by atoms with van der Waals surface area (Å²) >= 11 is 6.08. The van der Waals surface area contributed by atoms with E-state index in [0.717, 1.165) is 10.1 Å². The van der Waals surface area contributed by atoms with Crippen LogP contribution in [0.15, 0.2) is 41.2 Å². The number of halogens is 1. The third-order valence-corrected chi connectivity index (χ3v) is 5.76. The van der Waals surface area contributed by atoms with Gasteiger partial charge in [0.05, 0.1) is 12.3 Å². The van der Waals surface area contributed by atoms with Crippen LogP contribution in [-0.2, 0) is 16.1 Å². The van der Waals surface area contributed by atoms with Crippen LogP contribution in [0.1, 0.15) is 37.2 Å². The second-order valence-electron chi connectivity index (χ2n) is 7.75. The van der Waals surface area contributed by atoms with Crippen molar-refractivity contribution >= 4 is 46.0 Å². The van der Waals surface area contributed by atoms with E-state index in [1.54, 1.807) is 36.4 Å². The number of carbonyl (C=O) groups is 3. The third-order valence-electron chi connectivity index (χ3n) is 5.36. The summed E-state index contributed by atoms with van der Waals surface area (Å²) in [6.45, 7) is 3.52. The second-order valence-corrected chi connectivity index (χ2v) is 8.15. The van der Waals surface area contributed by atoms with Gasteiger partial charge in [-0.05, 0) is 55.7 Å². The van der Waals surface area contributed by atoms with Crippen LogP contribution in [0.25, 0.3) is 10.9 Å². The topological polar surface area (TPSA) is 122 Å². The van der Waals surface area contributed by atoms with E-state index < -0.39 is 29.4 Å². The summed E-state index contributed by atoms with van der Waals surface area (Å²) in [6, 6.07) is 7.69. The molecule has 0 aliphatic carbocycles. The summed E-state index contributed by atoms with van der Waals surface area (Å²) in [6.07, 6.45) is -0.180. The molecule has 1 aromatic heterocycles. The van der Waals surface area contributed by atoms with Crippen molar-refractivity contribution in [3.8, 4) is 0 Å². The molecule has 0 spiro atoms. The molecule has 9 nitrogen and oxygen atoms in total. The number of aryl methyl sites for hydroxylation is 2. The number of carbonyl (C=O) groups excluding carboxylic acids is 3. The highest BCUT2D eigenvalue weighted by molar-refractivity contribution is 6.31. The van der Waals surface area contributed by atoms with Gasteiger partial charge in [0, 0.05) is 23.7 Å². The first kappa shape index (κ1) is 21.1. The van der Waals surface area contributed by atoms with E-state index >= 15 is 0 Å². The molecule has 3 aromatic rings. The predicted molar refractivity (Wildman–Crippen MR) is 124 cm³/mol. The molecular formula is C23H22ClN5O4. The molecule has 0 bridgehead atoms. The van der Waals surface area contributed by atoms with Crippen LogP contribution in [0, 0.1) is 13.8 Å². The van der Waals surface area contributed by atoms with Crippen LogP contribution in [0.4, 0.5) is 10.5 Å². The molecule has 2 aromatic carbocycles. The maximum atomic E-state index is 13.3. The molecule has 1 atom stereocenters. The van der Waals surface area contributed by atoms with E-state index in [9.17, 15) is 19.2 Å². The standard InChI is InChI=1S/C23H22ClN5O4/c1-12-3-5-15(10-17(12)24)27-23(33)25-11-14-4-6-18-16(9-14)22(32)29(13(2)26-18)19-7-8-20(30)28-21(19)31/h3-6,9-10,19H,7-8,11H2,1-2H3,(H2,25,27,33)(H,28,30,31)/t19-/m0/s1/i19D. The van der Waals surface area contributed by atoms with Crippen molar-refractivity contribution in [1.29, 1.82) is 0 Å². The number of anilines is 1. The van der Waals surface area contributed by atoms with Gasteiger partial charge in [0.15, 0.2) is 0 Å². The number of hydrogen-bond donors (Lipinski definition) is 3. The maximum absolute atomic E-state index is 13.3. The van der Waals surface area contributed by atoms with Crippen molar-refractivity contribution in [2.24, 2.45) is 0 Å². The Kier molecular flexibility index (Phi) is 5.78. The lowest BCUT2D eigenvalue weighted by Crippen LogP contribution is -2.45. The first-order valence-electron chi connectivity index (χ1n) is 10.8. The van der Waals surface area contributed by atoms with Crippen molar-refractivity contribution in [3.05, 3.63) is 68.7 Å². The predicted octanol–water partition coefficient (Wildman–Crippen LogP) is 2.97. The number of fused-ring (bicyclic) bond motifs is 1. The third kappa shape index (κ3) is 4.73. The van der Waals surface area contributed by atoms with Gasteiger partial charge in [0.2, 0.25) is 11.8 Å². The molecule has 0 unspecified atom stereocenters. The molecular weight excluding hydrogens is 446 g/mol. The summed E-state index contributed by atoms with van der Waals surface area (Å²) in [4.78, 5) is 53.9. The van der Waals surface area contributed by atoms with Crippen LogP contribution < -0.4 is 21.5 Å². The Morgan fingerprint density at radius 1 is 1.24 bits per heavy atom. The smallest absolute Gasteiger partial charge is 0.319 e. The highest BCUT2D eigenvalue weighted by atomic mass is 35.5. The largest absolute Gasteiger partial charge is 0.334 e. The Morgan fingerprint density at radius 2 is 2.03 bits per heavy atom. The van der Waals surface area contributed by atoms with Gasteiger partial charge in [-0.25, -0.2) is 9.78 Å². The lowest BCUT2D eigenvalue weighted by atomic mass is 10.0. The van der Waals surface area contributed by atoms with Gasteiger partial charge in [-0.3, -0.25) is 24.3 Å². The minimum absolute atomic E-state index is 0.0512. The molecule has 170 valence electrons. The molecule has 4 rings (SSSR count). The monoisotopic (exact) mass is 468 g/mol. The van der Waals surface area contributed by atoms with E-state index in [2.05, 4.69) is 20.9 Å². The Morgan fingerprint density at radius 3 is 2.76 bits per heavy atom. The van der Waals surface area contributed by atoms with Crippen molar-refractivity contribution < 1.29 is 15.8 Å². The SMILES string of the molecule is [2H][C@]1(n2c(C)nc3ccc(CNC(=O)Nc4ccc(C)c(Cl)c4)cc3c2=O)CCC(=O)NC1=O. The highest BCUT2D eigenvalue weighted by Gasteiger charge is 2.30. The van der Waals surface area contributed by atoms with E-state index in [0.29, 0.717) is 21.8 Å². The van der Waals surface area contributed by atoms with Crippen LogP contribution in [0.2, 0.25) is 5.02 Å². The number of rotatable bonds is 4. The summed E-state index contributed by atoms with van der Waals surface area (Å²) < 4.78 is 9.64. The van der Waals surface area contributed by atoms with Gasteiger partial charge in [0.25, 0.3) is 5.56 Å². The number of piperidine rings is 1. The van der Waals surface area contributed by atoms with Crippen molar-refractivity contribution in [1.82, 2.24) is 20.2 Å². The summed E-state index contributed by atoms with van der Waals surface area (Å²) in [7, 11) is 0. The van der Waals surface area contributed by atoms with Crippen LogP contribution >= 0.6 is 11.6 Å². The molecule has 33 heavy (non-hydrogen) atoms. The second kappa shape index (κ2) is 9.03.